The van der Waals surface area contributed by atoms with Gasteiger partial charge in [-0.25, -0.2) is 4.79 Å². The number of esters is 1. The second kappa shape index (κ2) is 10.0. The van der Waals surface area contributed by atoms with E-state index in [2.05, 4.69) is 17.4 Å². The summed E-state index contributed by atoms with van der Waals surface area (Å²) in [7, 11) is 0. The molecule has 0 bridgehead atoms. The average Bonchev–Trinajstić information content (AvgIpc) is 2.67. The zero-order chi connectivity index (χ0) is 20.6. The molecule has 0 saturated carbocycles. The molecule has 28 heavy (non-hydrogen) atoms. The molecule has 0 spiro atoms. The van der Waals surface area contributed by atoms with E-state index in [0.29, 0.717) is 17.9 Å². The maximum absolute atomic E-state index is 12.5. The van der Waals surface area contributed by atoms with Crippen molar-refractivity contribution in [1.82, 2.24) is 5.48 Å². The van der Waals surface area contributed by atoms with Crippen LogP contribution in [-0.4, -0.2) is 22.6 Å². The molecule has 0 atom stereocenters. The van der Waals surface area contributed by atoms with E-state index < -0.39 is 5.60 Å². The van der Waals surface area contributed by atoms with Crippen molar-refractivity contribution in [1.29, 1.82) is 0 Å². The van der Waals surface area contributed by atoms with Crippen molar-refractivity contribution in [3.63, 3.8) is 0 Å². The molecule has 5 nitrogen and oxygen atoms in total. The van der Waals surface area contributed by atoms with Crippen LogP contribution >= 0.6 is 0 Å². The number of hydrogen-bond acceptors (Lipinski definition) is 4. The highest BCUT2D eigenvalue weighted by molar-refractivity contribution is 5.97. The van der Waals surface area contributed by atoms with Gasteiger partial charge in [0.05, 0.1) is 12.1 Å². The van der Waals surface area contributed by atoms with Crippen LogP contribution in [0.3, 0.4) is 0 Å². The van der Waals surface area contributed by atoms with Crippen molar-refractivity contribution in [3.05, 3.63) is 59.7 Å². The molecular formula is C23H30N2O3. The summed E-state index contributed by atoms with van der Waals surface area (Å²) in [4.78, 5) is 17.0. The Morgan fingerprint density at radius 1 is 1.11 bits per heavy atom. The molecule has 0 radical (unpaired) electrons. The first-order valence-electron chi connectivity index (χ1n) is 9.69. The van der Waals surface area contributed by atoms with Crippen molar-refractivity contribution >= 4 is 11.8 Å². The number of amidine groups is 1. The zero-order valence-electron chi connectivity index (χ0n) is 17.2. The minimum absolute atomic E-state index is 0.327. The van der Waals surface area contributed by atoms with Gasteiger partial charge in [0, 0.05) is 6.42 Å². The van der Waals surface area contributed by atoms with E-state index in [4.69, 9.17) is 9.94 Å². The molecule has 5 heteroatoms. The van der Waals surface area contributed by atoms with Crippen molar-refractivity contribution in [2.45, 2.75) is 59.1 Å². The molecule has 0 amide bonds. The van der Waals surface area contributed by atoms with Crippen LogP contribution in [0, 0.1) is 0 Å². The molecule has 2 N–H and O–H groups in total. The molecule has 0 aromatic heterocycles. The molecule has 2 aromatic carbocycles. The lowest BCUT2D eigenvalue weighted by Gasteiger charge is -2.20. The van der Waals surface area contributed by atoms with Crippen molar-refractivity contribution in [2.24, 2.45) is 4.99 Å². The Morgan fingerprint density at radius 2 is 1.79 bits per heavy atom. The Balaban J connectivity index is 2.18. The molecule has 0 unspecified atom stereocenters. The number of rotatable bonds is 7. The highest BCUT2D eigenvalue weighted by atomic mass is 16.6. The van der Waals surface area contributed by atoms with Crippen molar-refractivity contribution < 1.29 is 14.7 Å². The Bertz CT molecular complexity index is 805. The van der Waals surface area contributed by atoms with E-state index in [0.717, 1.165) is 36.0 Å². The molecule has 0 aliphatic rings. The van der Waals surface area contributed by atoms with E-state index >= 15 is 0 Å². The van der Waals surface area contributed by atoms with Gasteiger partial charge in [-0.1, -0.05) is 55.8 Å². The van der Waals surface area contributed by atoms with Crippen LogP contribution in [-0.2, 0) is 11.3 Å². The van der Waals surface area contributed by atoms with Crippen molar-refractivity contribution in [3.8, 4) is 11.1 Å². The average molecular weight is 383 g/mol. The third kappa shape index (κ3) is 6.50. The lowest BCUT2D eigenvalue weighted by molar-refractivity contribution is 0.00704. The first kappa shape index (κ1) is 21.6. The summed E-state index contributed by atoms with van der Waals surface area (Å²) < 4.78 is 5.53. The number of nitrogens with zero attached hydrogens (tertiary/aromatic N) is 1. The summed E-state index contributed by atoms with van der Waals surface area (Å²) >= 11 is 0. The number of carbonyl (C=O) groups is 1. The molecule has 0 aliphatic heterocycles. The summed E-state index contributed by atoms with van der Waals surface area (Å²) in [6, 6.07) is 15.4. The third-order valence-corrected chi connectivity index (χ3v) is 4.16. The highest BCUT2D eigenvalue weighted by Gasteiger charge is 2.20. The van der Waals surface area contributed by atoms with Crippen LogP contribution in [0.5, 0.6) is 0 Å². The lowest BCUT2D eigenvalue weighted by atomic mass is 9.98. The quantitative estimate of drug-likeness (QED) is 0.292. The van der Waals surface area contributed by atoms with E-state index in [1.807, 2.05) is 63.2 Å². The number of nitrogens with one attached hydrogen (secondary N) is 1. The van der Waals surface area contributed by atoms with E-state index in [1.54, 1.807) is 6.07 Å². The predicted molar refractivity (Wildman–Crippen MR) is 113 cm³/mol. The molecule has 2 aromatic rings. The minimum atomic E-state index is -0.539. The Morgan fingerprint density at radius 3 is 2.39 bits per heavy atom. The van der Waals surface area contributed by atoms with Crippen LogP contribution < -0.4 is 5.48 Å². The predicted octanol–water partition coefficient (Wildman–Crippen LogP) is 5.38. The number of hydrogen-bond donors (Lipinski definition) is 2. The van der Waals surface area contributed by atoms with Crippen LogP contribution in [0.1, 0.15) is 62.9 Å². The van der Waals surface area contributed by atoms with Gasteiger partial charge in [0.1, 0.15) is 11.4 Å². The maximum atomic E-state index is 12.5. The van der Waals surface area contributed by atoms with Gasteiger partial charge >= 0.3 is 5.97 Å². The van der Waals surface area contributed by atoms with Gasteiger partial charge < -0.3 is 4.74 Å². The summed E-state index contributed by atoms with van der Waals surface area (Å²) in [6.07, 6.45) is 2.76. The molecule has 0 heterocycles. The molecule has 150 valence electrons. The number of aliphatic imine (C=N–C) groups is 1. The molecular weight excluding hydrogens is 352 g/mol. The molecule has 0 aliphatic carbocycles. The van der Waals surface area contributed by atoms with Gasteiger partial charge in [-0.05, 0) is 49.9 Å². The fraction of sp³-hybridized carbons (Fsp3) is 0.391. The Labute approximate surface area is 167 Å². The normalized spacial score (nSPS) is 12.0. The fourth-order valence-corrected chi connectivity index (χ4v) is 2.74. The van der Waals surface area contributed by atoms with Gasteiger partial charge in [-0.3, -0.25) is 15.7 Å². The number of carbonyl (C=O) groups excluding carboxylic acids is 1. The number of benzene rings is 2. The van der Waals surface area contributed by atoms with Gasteiger partial charge in [0.15, 0.2) is 0 Å². The summed E-state index contributed by atoms with van der Waals surface area (Å²) in [5.74, 6) is 0.271. The number of hydroxylamine groups is 1. The largest absolute Gasteiger partial charge is 0.456 e. The Kier molecular flexibility index (Phi) is 7.76. The summed E-state index contributed by atoms with van der Waals surface area (Å²) in [5, 5.41) is 9.16. The van der Waals surface area contributed by atoms with E-state index in [1.165, 1.54) is 0 Å². The van der Waals surface area contributed by atoms with Crippen LogP contribution in [0.2, 0.25) is 0 Å². The van der Waals surface area contributed by atoms with Crippen LogP contribution in [0.4, 0.5) is 0 Å². The van der Waals surface area contributed by atoms with E-state index in [9.17, 15) is 4.79 Å². The van der Waals surface area contributed by atoms with E-state index in [-0.39, 0.29) is 5.97 Å². The van der Waals surface area contributed by atoms with Gasteiger partial charge in [0.2, 0.25) is 0 Å². The Hall–Kier alpha value is -2.66. The lowest BCUT2D eigenvalue weighted by Crippen LogP contribution is -2.24. The summed E-state index contributed by atoms with van der Waals surface area (Å²) in [5.41, 5.74) is 5.01. The van der Waals surface area contributed by atoms with Crippen LogP contribution in [0.15, 0.2) is 53.5 Å². The third-order valence-electron chi connectivity index (χ3n) is 4.16. The first-order chi connectivity index (χ1) is 13.3. The SMILES string of the molecule is CCCCC(=NCc1ccc(-c2ccccc2C(=O)OC(C)(C)C)cc1)NO. The second-order valence-corrected chi connectivity index (χ2v) is 7.72. The zero-order valence-corrected chi connectivity index (χ0v) is 17.2. The smallest absolute Gasteiger partial charge is 0.339 e. The number of unbranched alkanes of at least 4 members (excludes halogenated alkanes) is 1. The highest BCUT2D eigenvalue weighted by Crippen LogP contribution is 2.26. The standard InChI is InChI=1S/C23H30N2O3/c1-5-6-11-21(25-27)24-16-17-12-14-18(15-13-17)19-9-7-8-10-20(19)22(26)28-23(2,3)4/h7-10,12-15,27H,5-6,11,16H2,1-4H3,(H,24,25). The van der Waals surface area contributed by atoms with Crippen molar-refractivity contribution in [2.75, 3.05) is 0 Å². The fourth-order valence-electron chi connectivity index (χ4n) is 2.74. The second-order valence-electron chi connectivity index (χ2n) is 7.72. The minimum Gasteiger partial charge on any atom is -0.456 e. The molecule has 0 saturated heterocycles. The van der Waals surface area contributed by atoms with Gasteiger partial charge in [-0.15, -0.1) is 0 Å². The maximum Gasteiger partial charge on any atom is 0.339 e. The topological polar surface area (TPSA) is 70.9 Å². The monoisotopic (exact) mass is 382 g/mol. The molecule has 0 fully saturated rings. The van der Waals surface area contributed by atoms with Gasteiger partial charge in [-0.2, -0.15) is 0 Å². The number of ether oxygens (including phenoxy) is 1. The van der Waals surface area contributed by atoms with Gasteiger partial charge in [0.25, 0.3) is 0 Å². The first-order valence-corrected chi connectivity index (χ1v) is 9.69. The molecule has 2 rings (SSSR count). The summed E-state index contributed by atoms with van der Waals surface area (Å²) in [6.45, 7) is 8.17. The van der Waals surface area contributed by atoms with Crippen LogP contribution in [0.25, 0.3) is 11.1 Å².